The van der Waals surface area contributed by atoms with E-state index in [0.717, 1.165) is 0 Å². The average molecular weight is 170 g/mol. The Hall–Kier alpha value is -0.0400. The molecule has 0 unspecified atom stereocenters. The highest BCUT2D eigenvalue weighted by Gasteiger charge is 2.36. The molecule has 0 radical (unpaired) electrons. The number of hydrogen-bond donors (Lipinski definition) is 0. The minimum absolute atomic E-state index is 0.0281. The van der Waals surface area contributed by atoms with Crippen LogP contribution < -0.4 is 0 Å². The van der Waals surface area contributed by atoms with Crippen molar-refractivity contribution in [1.82, 2.24) is 0 Å². The van der Waals surface area contributed by atoms with E-state index in [0.29, 0.717) is 0 Å². The highest BCUT2D eigenvalue weighted by molar-refractivity contribution is 4.87. The molecule has 0 atom stereocenters. The molecule has 72 valence electrons. The highest BCUT2D eigenvalue weighted by Crippen LogP contribution is 2.38. The maximum atomic E-state index is 6.14. The third-order valence-electron chi connectivity index (χ3n) is 2.68. The number of rotatable bonds is 2. The predicted molar refractivity (Wildman–Crippen MR) is 52.3 cm³/mol. The van der Waals surface area contributed by atoms with Crippen LogP contribution in [0.2, 0.25) is 0 Å². The van der Waals surface area contributed by atoms with Crippen molar-refractivity contribution in [2.24, 2.45) is 0 Å². The monoisotopic (exact) mass is 170 g/mol. The summed E-state index contributed by atoms with van der Waals surface area (Å²) in [5, 5.41) is 0. The van der Waals surface area contributed by atoms with Gasteiger partial charge in [0.2, 0.25) is 0 Å². The summed E-state index contributed by atoms with van der Waals surface area (Å²) in [7, 11) is 0. The van der Waals surface area contributed by atoms with Crippen molar-refractivity contribution < 1.29 is 4.74 Å². The molecule has 1 aliphatic rings. The molecule has 1 fully saturated rings. The van der Waals surface area contributed by atoms with Crippen molar-refractivity contribution in [3.8, 4) is 0 Å². The molecule has 0 amide bonds. The number of hydrogen-bond acceptors (Lipinski definition) is 1. The van der Waals surface area contributed by atoms with Crippen molar-refractivity contribution in [1.29, 1.82) is 0 Å². The standard InChI is InChI=1S/C11H22O/c1-5-11(8-6-7-9-11)12-10(2,3)4/h5-9H2,1-4H3. The molecule has 0 heterocycles. The lowest BCUT2D eigenvalue weighted by Gasteiger charge is -2.35. The molecule has 0 N–H and O–H groups in total. The Morgan fingerprint density at radius 3 is 2.00 bits per heavy atom. The Morgan fingerprint density at radius 1 is 1.17 bits per heavy atom. The lowest BCUT2D eigenvalue weighted by atomic mass is 9.97. The molecule has 1 nitrogen and oxygen atoms in total. The maximum Gasteiger partial charge on any atom is 0.0687 e. The van der Waals surface area contributed by atoms with E-state index in [2.05, 4.69) is 27.7 Å². The molecule has 1 heteroatoms. The Bertz CT molecular complexity index is 138. The smallest absolute Gasteiger partial charge is 0.0687 e. The van der Waals surface area contributed by atoms with Crippen molar-refractivity contribution in [2.75, 3.05) is 0 Å². The van der Waals surface area contributed by atoms with Crippen LogP contribution in [0.5, 0.6) is 0 Å². The van der Waals surface area contributed by atoms with Gasteiger partial charge in [-0.2, -0.15) is 0 Å². The van der Waals surface area contributed by atoms with Gasteiger partial charge in [0.15, 0.2) is 0 Å². The van der Waals surface area contributed by atoms with Gasteiger partial charge in [-0.15, -0.1) is 0 Å². The van der Waals surface area contributed by atoms with E-state index in [1.54, 1.807) is 0 Å². The quantitative estimate of drug-likeness (QED) is 0.616. The molecule has 0 aromatic heterocycles. The summed E-state index contributed by atoms with van der Waals surface area (Å²) in [5.41, 5.74) is 0.249. The van der Waals surface area contributed by atoms with Gasteiger partial charge in [0.1, 0.15) is 0 Å². The maximum absolute atomic E-state index is 6.14. The molecule has 0 saturated heterocycles. The number of ether oxygens (including phenoxy) is 1. The largest absolute Gasteiger partial charge is 0.369 e. The summed E-state index contributed by atoms with van der Waals surface area (Å²) in [5.74, 6) is 0. The van der Waals surface area contributed by atoms with Gasteiger partial charge in [-0.1, -0.05) is 19.8 Å². The van der Waals surface area contributed by atoms with Gasteiger partial charge in [-0.25, -0.2) is 0 Å². The van der Waals surface area contributed by atoms with E-state index in [-0.39, 0.29) is 11.2 Å². The zero-order valence-corrected chi connectivity index (χ0v) is 8.94. The second-order valence-corrected chi connectivity index (χ2v) is 4.96. The van der Waals surface area contributed by atoms with Gasteiger partial charge in [-0.05, 0) is 40.0 Å². The summed E-state index contributed by atoms with van der Waals surface area (Å²) in [6.07, 6.45) is 6.40. The summed E-state index contributed by atoms with van der Waals surface area (Å²) >= 11 is 0. The first kappa shape index (κ1) is 10.0. The van der Waals surface area contributed by atoms with Gasteiger partial charge in [0.05, 0.1) is 11.2 Å². The van der Waals surface area contributed by atoms with Crippen LogP contribution in [0.15, 0.2) is 0 Å². The lowest BCUT2D eigenvalue weighted by Crippen LogP contribution is -2.37. The fourth-order valence-corrected chi connectivity index (χ4v) is 2.20. The van der Waals surface area contributed by atoms with Crippen molar-refractivity contribution in [3.05, 3.63) is 0 Å². The van der Waals surface area contributed by atoms with Crippen LogP contribution in [-0.4, -0.2) is 11.2 Å². The first-order chi connectivity index (χ1) is 5.47. The highest BCUT2D eigenvalue weighted by atomic mass is 16.5. The molecule has 0 bridgehead atoms. The van der Waals surface area contributed by atoms with Crippen LogP contribution in [0.3, 0.4) is 0 Å². The van der Waals surface area contributed by atoms with Gasteiger partial charge >= 0.3 is 0 Å². The topological polar surface area (TPSA) is 9.23 Å². The van der Waals surface area contributed by atoms with Crippen molar-refractivity contribution >= 4 is 0 Å². The third kappa shape index (κ3) is 2.48. The Balaban J connectivity index is 2.55. The zero-order chi connectivity index (χ0) is 9.24. The molecule has 1 aliphatic carbocycles. The molecule has 0 aliphatic heterocycles. The molecule has 12 heavy (non-hydrogen) atoms. The van der Waals surface area contributed by atoms with Gasteiger partial charge < -0.3 is 4.74 Å². The first-order valence-electron chi connectivity index (χ1n) is 5.18. The summed E-state index contributed by atoms with van der Waals surface area (Å²) in [6.45, 7) is 8.71. The summed E-state index contributed by atoms with van der Waals surface area (Å²) < 4.78 is 6.14. The van der Waals surface area contributed by atoms with E-state index in [1.165, 1.54) is 32.1 Å². The van der Waals surface area contributed by atoms with E-state index in [9.17, 15) is 0 Å². The summed E-state index contributed by atoms with van der Waals surface area (Å²) in [4.78, 5) is 0. The molecule has 0 spiro atoms. The Kier molecular flexibility index (Phi) is 2.82. The van der Waals surface area contributed by atoms with E-state index < -0.39 is 0 Å². The van der Waals surface area contributed by atoms with Crippen molar-refractivity contribution in [3.63, 3.8) is 0 Å². The predicted octanol–water partition coefficient (Wildman–Crippen LogP) is 3.52. The van der Waals surface area contributed by atoms with Crippen LogP contribution in [0.1, 0.15) is 59.8 Å². The van der Waals surface area contributed by atoms with Gasteiger partial charge in [0, 0.05) is 0 Å². The van der Waals surface area contributed by atoms with Crippen LogP contribution in [0.4, 0.5) is 0 Å². The fourth-order valence-electron chi connectivity index (χ4n) is 2.20. The Morgan fingerprint density at radius 2 is 1.67 bits per heavy atom. The zero-order valence-electron chi connectivity index (χ0n) is 8.94. The van der Waals surface area contributed by atoms with Crippen LogP contribution >= 0.6 is 0 Å². The SMILES string of the molecule is CCC1(OC(C)(C)C)CCCC1. The molecule has 0 aromatic carbocycles. The van der Waals surface area contributed by atoms with E-state index in [4.69, 9.17) is 4.74 Å². The average Bonchev–Trinajstić information content (AvgIpc) is 2.34. The fraction of sp³-hybridized carbons (Fsp3) is 1.00. The minimum atomic E-state index is 0.0281. The van der Waals surface area contributed by atoms with Gasteiger partial charge in [0.25, 0.3) is 0 Å². The Labute approximate surface area is 76.5 Å². The van der Waals surface area contributed by atoms with Gasteiger partial charge in [-0.3, -0.25) is 0 Å². The van der Waals surface area contributed by atoms with Crippen LogP contribution in [0, 0.1) is 0 Å². The van der Waals surface area contributed by atoms with Crippen LogP contribution in [0.25, 0.3) is 0 Å². The second-order valence-electron chi connectivity index (χ2n) is 4.96. The normalized spacial score (nSPS) is 23.0. The van der Waals surface area contributed by atoms with Crippen molar-refractivity contribution in [2.45, 2.75) is 71.0 Å². The van der Waals surface area contributed by atoms with E-state index >= 15 is 0 Å². The van der Waals surface area contributed by atoms with E-state index in [1.807, 2.05) is 0 Å². The van der Waals surface area contributed by atoms with Crippen LogP contribution in [-0.2, 0) is 4.74 Å². The lowest BCUT2D eigenvalue weighted by molar-refractivity contribution is -0.130. The molecule has 1 saturated carbocycles. The third-order valence-corrected chi connectivity index (χ3v) is 2.68. The first-order valence-corrected chi connectivity index (χ1v) is 5.18. The molecule has 0 aromatic rings. The molecular weight excluding hydrogens is 148 g/mol. The molecule has 1 rings (SSSR count). The minimum Gasteiger partial charge on any atom is -0.369 e. The second kappa shape index (κ2) is 3.37. The summed E-state index contributed by atoms with van der Waals surface area (Å²) in [6, 6.07) is 0. The molecular formula is C11H22O.